The lowest BCUT2D eigenvalue weighted by Gasteiger charge is -2.32. The number of primary amides is 1. The maximum absolute atomic E-state index is 12.4. The van der Waals surface area contributed by atoms with Gasteiger partial charge >= 0.3 is 6.09 Å². The van der Waals surface area contributed by atoms with Crippen molar-refractivity contribution >= 4 is 39.5 Å². The lowest BCUT2D eigenvalue weighted by Crippen LogP contribution is -2.45. The monoisotopic (exact) mass is 458 g/mol. The Morgan fingerprint density at radius 3 is 2.53 bits per heavy atom. The van der Waals surface area contributed by atoms with Crippen LogP contribution in [0.5, 0.6) is 5.75 Å². The van der Waals surface area contributed by atoms with Gasteiger partial charge in [0.05, 0.1) is 18.2 Å². The number of H-pyrrole nitrogens is 1. The van der Waals surface area contributed by atoms with Crippen LogP contribution in [0.2, 0.25) is 0 Å². The fraction of sp³-hybridized carbons (Fsp3) is 0.231. The van der Waals surface area contributed by atoms with E-state index in [4.69, 9.17) is 10.5 Å². The number of aromatic amines is 1. The Kier molecular flexibility index (Phi) is 5.59. The number of nitrogens with one attached hydrogen (secondary N) is 2. The Balaban J connectivity index is 1.66. The molecule has 0 radical (unpaired) electrons. The summed E-state index contributed by atoms with van der Waals surface area (Å²) in [5, 5.41) is 14.9. The highest BCUT2D eigenvalue weighted by atomic mass is 16.5. The highest BCUT2D eigenvalue weighted by Crippen LogP contribution is 2.36. The molecule has 4 aromatic rings. The second kappa shape index (κ2) is 8.72. The number of nitrogens with two attached hydrogens (primary N) is 1. The lowest BCUT2D eigenvalue weighted by molar-refractivity contribution is 0.100. The molecular weight excluding hydrogens is 432 g/mol. The predicted octanol–water partition coefficient (Wildman–Crippen LogP) is 4.33. The minimum Gasteiger partial charge on any atom is -0.497 e. The van der Waals surface area contributed by atoms with Crippen LogP contribution in [0.25, 0.3) is 32.9 Å². The van der Waals surface area contributed by atoms with Crippen LogP contribution in [-0.2, 0) is 0 Å². The lowest BCUT2D eigenvalue weighted by atomic mass is 9.98. The summed E-state index contributed by atoms with van der Waals surface area (Å²) in [5.74, 6) is 0.178. The molecule has 0 spiro atoms. The second-order valence-corrected chi connectivity index (χ2v) is 8.53. The van der Waals surface area contributed by atoms with Crippen molar-refractivity contribution in [2.45, 2.75) is 18.9 Å². The molecule has 0 atom stereocenters. The highest BCUT2D eigenvalue weighted by Gasteiger charge is 2.27. The van der Waals surface area contributed by atoms with Gasteiger partial charge in [0, 0.05) is 28.0 Å². The van der Waals surface area contributed by atoms with Gasteiger partial charge in [0.1, 0.15) is 5.75 Å². The minimum atomic E-state index is -0.972. The van der Waals surface area contributed by atoms with Gasteiger partial charge in [-0.25, -0.2) is 4.79 Å². The molecule has 0 unspecified atom stereocenters. The zero-order chi connectivity index (χ0) is 23.8. The summed E-state index contributed by atoms with van der Waals surface area (Å²) in [5.41, 5.74) is 9.85. The van der Waals surface area contributed by atoms with Crippen molar-refractivity contribution in [3.63, 3.8) is 0 Å². The predicted molar refractivity (Wildman–Crippen MR) is 133 cm³/mol. The molecule has 1 aliphatic heterocycles. The minimum absolute atomic E-state index is 0.0820. The molecule has 0 saturated carbocycles. The average Bonchev–Trinajstić information content (AvgIpc) is 3.21. The topological polar surface area (TPSA) is 121 Å². The number of aromatic nitrogens is 1. The van der Waals surface area contributed by atoms with Gasteiger partial charge in [-0.2, -0.15) is 0 Å². The Bertz CT molecular complexity index is 1400. The number of ether oxygens (including phenoxy) is 1. The third-order valence-electron chi connectivity index (χ3n) is 6.52. The standard InChI is InChI=1S/C26H26N4O4/c1-34-19-4-2-3-15(11-19)16-12-21-20-6-5-18(30(26(32)33)17-7-9-28-10-8-17)14-23(20)29-24(21)22(13-16)25(27)31/h2-6,11-14,17,28-29H,7-10H2,1H3,(H2,27,31)(H,32,33). The van der Waals surface area contributed by atoms with Crippen molar-refractivity contribution in [1.29, 1.82) is 0 Å². The van der Waals surface area contributed by atoms with Crippen LogP contribution < -0.4 is 20.7 Å². The van der Waals surface area contributed by atoms with E-state index >= 15 is 0 Å². The Hall–Kier alpha value is -4.04. The normalized spacial score (nSPS) is 14.4. The van der Waals surface area contributed by atoms with E-state index in [-0.39, 0.29) is 6.04 Å². The van der Waals surface area contributed by atoms with E-state index in [0.29, 0.717) is 22.5 Å². The first-order chi connectivity index (χ1) is 16.5. The number of benzene rings is 3. The number of carbonyl (C=O) groups excluding carboxylic acids is 1. The molecule has 174 valence electrons. The number of carbonyl (C=O) groups is 2. The molecular formula is C26H26N4O4. The maximum Gasteiger partial charge on any atom is 0.412 e. The molecule has 2 heterocycles. The first-order valence-electron chi connectivity index (χ1n) is 11.2. The quantitative estimate of drug-likeness (QED) is 0.355. The van der Waals surface area contributed by atoms with Crippen LogP contribution in [0.4, 0.5) is 10.5 Å². The molecule has 0 bridgehead atoms. The van der Waals surface area contributed by atoms with E-state index in [1.54, 1.807) is 13.2 Å². The van der Waals surface area contributed by atoms with Gasteiger partial charge in [0.25, 0.3) is 5.91 Å². The number of hydrogen-bond donors (Lipinski definition) is 4. The van der Waals surface area contributed by atoms with Gasteiger partial charge in [-0.05, 0) is 73.5 Å². The molecule has 1 aliphatic rings. The second-order valence-electron chi connectivity index (χ2n) is 8.53. The largest absolute Gasteiger partial charge is 0.497 e. The first-order valence-corrected chi connectivity index (χ1v) is 11.2. The molecule has 3 aromatic carbocycles. The molecule has 5 rings (SSSR count). The summed E-state index contributed by atoms with van der Waals surface area (Å²) in [6, 6.07) is 16.9. The van der Waals surface area contributed by atoms with E-state index < -0.39 is 12.0 Å². The zero-order valence-corrected chi connectivity index (χ0v) is 18.8. The van der Waals surface area contributed by atoms with Crippen LogP contribution in [0.1, 0.15) is 23.2 Å². The summed E-state index contributed by atoms with van der Waals surface area (Å²) in [6.07, 6.45) is 0.542. The summed E-state index contributed by atoms with van der Waals surface area (Å²) in [6.45, 7) is 1.58. The van der Waals surface area contributed by atoms with Crippen molar-refractivity contribution in [2.75, 3.05) is 25.1 Å². The van der Waals surface area contributed by atoms with Crippen molar-refractivity contribution in [1.82, 2.24) is 10.3 Å². The van der Waals surface area contributed by atoms with Gasteiger partial charge in [-0.3, -0.25) is 9.69 Å². The smallest absolute Gasteiger partial charge is 0.412 e. The number of amides is 2. The molecule has 2 amide bonds. The summed E-state index contributed by atoms with van der Waals surface area (Å²) in [7, 11) is 1.61. The summed E-state index contributed by atoms with van der Waals surface area (Å²) >= 11 is 0. The van der Waals surface area contributed by atoms with Crippen LogP contribution in [0, 0.1) is 0 Å². The van der Waals surface area contributed by atoms with Crippen LogP contribution in [0.15, 0.2) is 54.6 Å². The van der Waals surface area contributed by atoms with E-state index in [9.17, 15) is 14.7 Å². The van der Waals surface area contributed by atoms with Crippen molar-refractivity contribution in [3.8, 4) is 16.9 Å². The first kappa shape index (κ1) is 21.8. The summed E-state index contributed by atoms with van der Waals surface area (Å²) in [4.78, 5) is 29.2. The van der Waals surface area contributed by atoms with Gasteiger partial charge in [-0.15, -0.1) is 0 Å². The third kappa shape index (κ3) is 3.82. The van der Waals surface area contributed by atoms with Gasteiger partial charge in [-0.1, -0.05) is 18.2 Å². The van der Waals surface area contributed by atoms with Crippen LogP contribution in [0.3, 0.4) is 0 Å². The number of anilines is 1. The van der Waals surface area contributed by atoms with Crippen molar-refractivity contribution < 1.29 is 19.4 Å². The Morgan fingerprint density at radius 1 is 1.03 bits per heavy atom. The van der Waals surface area contributed by atoms with Crippen LogP contribution >= 0.6 is 0 Å². The molecule has 34 heavy (non-hydrogen) atoms. The fourth-order valence-electron chi connectivity index (χ4n) is 4.85. The zero-order valence-electron chi connectivity index (χ0n) is 18.8. The maximum atomic E-state index is 12.4. The Morgan fingerprint density at radius 2 is 1.82 bits per heavy atom. The molecule has 8 nitrogen and oxygen atoms in total. The van der Waals surface area contributed by atoms with Crippen molar-refractivity contribution in [3.05, 3.63) is 60.2 Å². The number of fused-ring (bicyclic) bond motifs is 3. The average molecular weight is 459 g/mol. The molecule has 1 aromatic heterocycles. The van der Waals surface area contributed by atoms with E-state index in [0.717, 1.165) is 53.3 Å². The van der Waals surface area contributed by atoms with Crippen LogP contribution in [-0.4, -0.2) is 48.3 Å². The number of hydrogen-bond acceptors (Lipinski definition) is 4. The number of rotatable bonds is 5. The highest BCUT2D eigenvalue weighted by molar-refractivity contribution is 6.16. The molecule has 5 N–H and O–H groups in total. The number of carboxylic acid groups (broad SMARTS) is 1. The number of methoxy groups -OCH3 is 1. The van der Waals surface area contributed by atoms with E-state index in [1.165, 1.54) is 4.90 Å². The van der Waals surface area contributed by atoms with E-state index in [1.807, 2.05) is 48.5 Å². The van der Waals surface area contributed by atoms with Gasteiger partial charge in [0.2, 0.25) is 0 Å². The number of nitrogens with zero attached hydrogens (tertiary/aromatic N) is 1. The van der Waals surface area contributed by atoms with E-state index in [2.05, 4.69) is 10.3 Å². The number of piperidine rings is 1. The fourth-order valence-corrected chi connectivity index (χ4v) is 4.85. The molecule has 1 fully saturated rings. The van der Waals surface area contributed by atoms with Crippen molar-refractivity contribution in [2.24, 2.45) is 5.73 Å². The molecule has 1 saturated heterocycles. The third-order valence-corrected chi connectivity index (χ3v) is 6.52. The molecule has 0 aliphatic carbocycles. The molecule has 8 heteroatoms. The van der Waals surface area contributed by atoms with Gasteiger partial charge in [0.15, 0.2) is 0 Å². The SMILES string of the molecule is COc1cccc(-c2cc(C(N)=O)c3[nH]c4cc(N(C(=O)O)C5CCNCC5)ccc4c3c2)c1. The summed E-state index contributed by atoms with van der Waals surface area (Å²) < 4.78 is 5.35. The Labute approximate surface area is 196 Å². The van der Waals surface area contributed by atoms with Gasteiger partial charge < -0.3 is 25.9 Å².